The van der Waals surface area contributed by atoms with E-state index in [1.807, 2.05) is 58.0 Å². The van der Waals surface area contributed by atoms with Crippen molar-refractivity contribution in [2.24, 2.45) is 0 Å². The summed E-state index contributed by atoms with van der Waals surface area (Å²) in [7, 11) is 0. The third-order valence-electron chi connectivity index (χ3n) is 5.21. The number of carbonyl (C=O) groups excluding carboxylic acids is 2. The normalized spacial score (nSPS) is 13.5. The van der Waals surface area contributed by atoms with Crippen molar-refractivity contribution in [2.45, 2.75) is 65.1 Å². The van der Waals surface area contributed by atoms with Crippen LogP contribution >= 0.6 is 11.6 Å². The van der Waals surface area contributed by atoms with Crippen LogP contribution in [-0.4, -0.2) is 35.1 Å². The Morgan fingerprint density at radius 3 is 2.38 bits per heavy atom. The van der Waals surface area contributed by atoms with E-state index in [1.165, 1.54) is 0 Å². The Kier molecular flexibility index (Phi) is 7.67. The molecule has 0 aromatic heterocycles. The van der Waals surface area contributed by atoms with Crippen molar-refractivity contribution in [2.75, 3.05) is 6.79 Å². The first-order valence-electron chi connectivity index (χ1n) is 10.9. The number of nitrogens with zero attached hydrogens (tertiary/aromatic N) is 1. The van der Waals surface area contributed by atoms with Gasteiger partial charge in [0.2, 0.25) is 18.6 Å². The number of halogens is 1. The molecule has 6 nitrogen and oxygen atoms in total. The highest BCUT2D eigenvalue weighted by Crippen LogP contribution is 2.32. The molecule has 1 heterocycles. The lowest BCUT2D eigenvalue weighted by molar-refractivity contribution is -0.142. The molecule has 1 aliphatic heterocycles. The highest BCUT2D eigenvalue weighted by atomic mass is 35.5. The molecule has 0 aliphatic carbocycles. The zero-order valence-corrected chi connectivity index (χ0v) is 19.9. The predicted octanol–water partition coefficient (Wildman–Crippen LogP) is 4.72. The SMILES string of the molecule is CCC(C(=O)NC(C)(C)C)N(Cc1ccc(Cl)cc1)C(=O)CCc1ccc2c(c1)OCO2. The molecule has 2 aromatic rings. The van der Waals surface area contributed by atoms with Crippen molar-refractivity contribution in [3.8, 4) is 11.5 Å². The fraction of sp³-hybridized carbons (Fsp3) is 0.440. The second-order valence-electron chi connectivity index (χ2n) is 9.00. The number of ether oxygens (including phenoxy) is 2. The maximum atomic E-state index is 13.4. The number of hydrogen-bond acceptors (Lipinski definition) is 4. The topological polar surface area (TPSA) is 67.9 Å². The van der Waals surface area contributed by atoms with E-state index in [1.54, 1.807) is 17.0 Å². The average molecular weight is 459 g/mol. The van der Waals surface area contributed by atoms with E-state index in [-0.39, 0.29) is 30.6 Å². The molecule has 0 saturated carbocycles. The largest absolute Gasteiger partial charge is 0.454 e. The molecular formula is C25H31ClN2O4. The van der Waals surface area contributed by atoms with E-state index in [4.69, 9.17) is 21.1 Å². The van der Waals surface area contributed by atoms with Gasteiger partial charge in [-0.05, 0) is 69.0 Å². The van der Waals surface area contributed by atoms with Gasteiger partial charge in [-0.25, -0.2) is 0 Å². The van der Waals surface area contributed by atoms with Gasteiger partial charge in [0, 0.05) is 23.5 Å². The molecule has 0 spiro atoms. The summed E-state index contributed by atoms with van der Waals surface area (Å²) < 4.78 is 10.8. The van der Waals surface area contributed by atoms with E-state index in [0.29, 0.717) is 35.9 Å². The summed E-state index contributed by atoms with van der Waals surface area (Å²) in [6, 6.07) is 12.5. The fourth-order valence-electron chi connectivity index (χ4n) is 3.65. The van der Waals surface area contributed by atoms with Crippen LogP contribution < -0.4 is 14.8 Å². The number of fused-ring (bicyclic) bond motifs is 1. The molecule has 1 atom stereocenters. The Balaban J connectivity index is 1.77. The zero-order valence-electron chi connectivity index (χ0n) is 19.1. The van der Waals surface area contributed by atoms with Crippen molar-refractivity contribution in [1.82, 2.24) is 10.2 Å². The summed E-state index contributed by atoms with van der Waals surface area (Å²) >= 11 is 6.02. The molecule has 0 fully saturated rings. The molecule has 1 N–H and O–H groups in total. The lowest BCUT2D eigenvalue weighted by atomic mass is 10.0. The first-order valence-corrected chi connectivity index (χ1v) is 11.3. The van der Waals surface area contributed by atoms with Crippen LogP contribution in [0.2, 0.25) is 5.02 Å². The zero-order chi connectivity index (χ0) is 23.3. The number of amides is 2. The van der Waals surface area contributed by atoms with Crippen LogP contribution in [0.5, 0.6) is 11.5 Å². The van der Waals surface area contributed by atoms with Gasteiger partial charge in [0.15, 0.2) is 11.5 Å². The van der Waals surface area contributed by atoms with Crippen LogP contribution in [0.3, 0.4) is 0 Å². The van der Waals surface area contributed by atoms with Crippen LogP contribution in [0.4, 0.5) is 0 Å². The van der Waals surface area contributed by atoms with Crippen LogP contribution in [0.25, 0.3) is 0 Å². The highest BCUT2D eigenvalue weighted by Gasteiger charge is 2.30. The molecule has 32 heavy (non-hydrogen) atoms. The van der Waals surface area contributed by atoms with E-state index < -0.39 is 6.04 Å². The smallest absolute Gasteiger partial charge is 0.243 e. The van der Waals surface area contributed by atoms with E-state index in [9.17, 15) is 9.59 Å². The van der Waals surface area contributed by atoms with Gasteiger partial charge < -0.3 is 19.7 Å². The van der Waals surface area contributed by atoms with Crippen molar-refractivity contribution in [3.63, 3.8) is 0 Å². The highest BCUT2D eigenvalue weighted by molar-refractivity contribution is 6.30. The Morgan fingerprint density at radius 1 is 1.06 bits per heavy atom. The summed E-state index contributed by atoms with van der Waals surface area (Å²) in [6.45, 7) is 8.28. The molecule has 1 unspecified atom stereocenters. The second-order valence-corrected chi connectivity index (χ2v) is 9.44. The fourth-order valence-corrected chi connectivity index (χ4v) is 3.78. The summed E-state index contributed by atoms with van der Waals surface area (Å²) in [5.41, 5.74) is 1.53. The van der Waals surface area contributed by atoms with Gasteiger partial charge in [0.1, 0.15) is 6.04 Å². The van der Waals surface area contributed by atoms with E-state index >= 15 is 0 Å². The summed E-state index contributed by atoms with van der Waals surface area (Å²) in [5, 5.41) is 3.65. The molecule has 172 valence electrons. The van der Waals surface area contributed by atoms with Gasteiger partial charge >= 0.3 is 0 Å². The van der Waals surface area contributed by atoms with E-state index in [2.05, 4.69) is 5.32 Å². The molecule has 0 radical (unpaired) electrons. The van der Waals surface area contributed by atoms with Crippen LogP contribution in [0.15, 0.2) is 42.5 Å². The predicted molar refractivity (Wildman–Crippen MR) is 125 cm³/mol. The summed E-state index contributed by atoms with van der Waals surface area (Å²) in [4.78, 5) is 28.1. The Morgan fingerprint density at radius 2 is 1.72 bits per heavy atom. The number of rotatable bonds is 8. The van der Waals surface area contributed by atoms with E-state index in [0.717, 1.165) is 11.1 Å². The molecule has 0 bridgehead atoms. The molecule has 2 aromatic carbocycles. The number of carbonyl (C=O) groups is 2. The molecule has 1 aliphatic rings. The van der Waals surface area contributed by atoms with Gasteiger partial charge in [-0.15, -0.1) is 0 Å². The minimum atomic E-state index is -0.561. The van der Waals surface area contributed by atoms with Gasteiger partial charge in [0.25, 0.3) is 0 Å². The summed E-state index contributed by atoms with van der Waals surface area (Å²) in [6.07, 6.45) is 1.35. The lowest BCUT2D eigenvalue weighted by Gasteiger charge is -2.33. The minimum Gasteiger partial charge on any atom is -0.454 e. The Bertz CT molecular complexity index is 953. The Hall–Kier alpha value is -2.73. The lowest BCUT2D eigenvalue weighted by Crippen LogP contribution is -2.53. The third-order valence-corrected chi connectivity index (χ3v) is 5.47. The third kappa shape index (κ3) is 6.39. The maximum Gasteiger partial charge on any atom is 0.243 e. The van der Waals surface area contributed by atoms with Gasteiger partial charge in [-0.1, -0.05) is 36.7 Å². The monoisotopic (exact) mass is 458 g/mol. The van der Waals surface area contributed by atoms with Crippen molar-refractivity contribution < 1.29 is 19.1 Å². The second kappa shape index (κ2) is 10.3. The van der Waals surface area contributed by atoms with Crippen LogP contribution in [-0.2, 0) is 22.6 Å². The quantitative estimate of drug-likeness (QED) is 0.621. The standard InChI is InChI=1S/C25H31ClN2O4/c1-5-20(24(30)27-25(2,3)4)28(15-18-6-10-19(26)11-7-18)23(29)13-9-17-8-12-21-22(14-17)32-16-31-21/h6-8,10-12,14,20H,5,9,13,15-16H2,1-4H3,(H,27,30). The maximum absolute atomic E-state index is 13.4. The molecule has 2 amide bonds. The molecule has 7 heteroatoms. The van der Waals surface area contributed by atoms with Crippen LogP contribution in [0, 0.1) is 0 Å². The first kappa shape index (κ1) is 23.9. The molecule has 0 saturated heterocycles. The van der Waals surface area contributed by atoms with Crippen LogP contribution in [0.1, 0.15) is 51.7 Å². The number of benzene rings is 2. The average Bonchev–Trinajstić information content (AvgIpc) is 3.20. The van der Waals surface area contributed by atoms with Crippen molar-refractivity contribution in [1.29, 1.82) is 0 Å². The summed E-state index contributed by atoms with van der Waals surface area (Å²) in [5.74, 6) is 1.19. The molecular weight excluding hydrogens is 428 g/mol. The minimum absolute atomic E-state index is 0.0754. The molecule has 3 rings (SSSR count). The van der Waals surface area contributed by atoms with Gasteiger partial charge in [0.05, 0.1) is 0 Å². The van der Waals surface area contributed by atoms with Crippen molar-refractivity contribution in [3.05, 3.63) is 58.6 Å². The van der Waals surface area contributed by atoms with Crippen molar-refractivity contribution >= 4 is 23.4 Å². The first-order chi connectivity index (χ1) is 15.2. The number of hydrogen-bond donors (Lipinski definition) is 1. The van der Waals surface area contributed by atoms with Gasteiger partial charge in [-0.2, -0.15) is 0 Å². The number of aryl methyl sites for hydroxylation is 1. The number of nitrogens with one attached hydrogen (secondary N) is 1. The Labute approximate surface area is 194 Å². The van der Waals surface area contributed by atoms with Gasteiger partial charge in [-0.3, -0.25) is 9.59 Å².